The third-order valence-electron chi connectivity index (χ3n) is 5.13. The van der Waals surface area contributed by atoms with E-state index in [4.69, 9.17) is 9.47 Å². The molecule has 0 saturated carbocycles. The van der Waals surface area contributed by atoms with Gasteiger partial charge in [-0.2, -0.15) is 0 Å². The lowest BCUT2D eigenvalue weighted by Gasteiger charge is -2.32. The molecule has 6 heteroatoms. The first kappa shape index (κ1) is 19.2. The van der Waals surface area contributed by atoms with Crippen LogP contribution in [0.5, 0.6) is 0 Å². The number of hydrogen-bond acceptors (Lipinski definition) is 5. The van der Waals surface area contributed by atoms with E-state index in [0.717, 1.165) is 38.5 Å². The molecule has 6 nitrogen and oxygen atoms in total. The van der Waals surface area contributed by atoms with Gasteiger partial charge in [-0.05, 0) is 26.2 Å². The summed E-state index contributed by atoms with van der Waals surface area (Å²) in [6.45, 7) is 3.05. The molecule has 1 amide bonds. The minimum atomic E-state index is -0.476. The van der Waals surface area contributed by atoms with Gasteiger partial charge in [-0.25, -0.2) is 0 Å². The molecule has 2 rings (SSSR count). The average Bonchev–Trinajstić information content (AvgIpc) is 2.90. The SMILES string of the molecule is CC1OCCC12CCCCCCCCCC(=O)NCNCC(=O)O2. The van der Waals surface area contributed by atoms with E-state index >= 15 is 0 Å². The maximum Gasteiger partial charge on any atom is 0.320 e. The molecular weight excluding hydrogens is 308 g/mol. The molecule has 0 aromatic rings. The van der Waals surface area contributed by atoms with E-state index in [-0.39, 0.29) is 24.5 Å². The van der Waals surface area contributed by atoms with E-state index in [9.17, 15) is 9.59 Å². The van der Waals surface area contributed by atoms with Gasteiger partial charge in [0.05, 0.1) is 25.9 Å². The number of amides is 1. The van der Waals surface area contributed by atoms with Gasteiger partial charge in [0.15, 0.2) is 0 Å². The zero-order chi connectivity index (χ0) is 17.3. The molecule has 2 heterocycles. The molecule has 0 radical (unpaired) electrons. The van der Waals surface area contributed by atoms with Crippen molar-refractivity contribution in [3.63, 3.8) is 0 Å². The fourth-order valence-electron chi connectivity index (χ4n) is 3.55. The van der Waals surface area contributed by atoms with Crippen molar-refractivity contribution < 1.29 is 19.1 Å². The average molecular weight is 340 g/mol. The molecule has 138 valence electrons. The Hall–Kier alpha value is -1.14. The number of rotatable bonds is 0. The highest BCUT2D eigenvalue weighted by Gasteiger charge is 2.44. The number of carbonyl (C=O) groups excluding carboxylic acids is 2. The Morgan fingerprint density at radius 2 is 1.71 bits per heavy atom. The molecule has 24 heavy (non-hydrogen) atoms. The lowest BCUT2D eigenvalue weighted by Crippen LogP contribution is -2.44. The predicted octanol–water partition coefficient (Wildman–Crippen LogP) is 2.27. The van der Waals surface area contributed by atoms with Gasteiger partial charge in [0.1, 0.15) is 5.60 Å². The van der Waals surface area contributed by atoms with Gasteiger partial charge in [0, 0.05) is 12.8 Å². The Balaban J connectivity index is 1.89. The largest absolute Gasteiger partial charge is 0.455 e. The summed E-state index contributed by atoms with van der Waals surface area (Å²) in [4.78, 5) is 23.8. The van der Waals surface area contributed by atoms with Crippen LogP contribution in [0, 0.1) is 0 Å². The monoisotopic (exact) mass is 340 g/mol. The molecule has 0 bridgehead atoms. The molecule has 1 spiro atoms. The van der Waals surface area contributed by atoms with E-state index in [1.165, 1.54) is 19.3 Å². The molecule has 0 aromatic carbocycles. The van der Waals surface area contributed by atoms with Crippen molar-refractivity contribution in [2.24, 2.45) is 0 Å². The van der Waals surface area contributed by atoms with Crippen LogP contribution in [0.2, 0.25) is 0 Å². The number of carbonyl (C=O) groups is 2. The van der Waals surface area contributed by atoms with Crippen molar-refractivity contribution in [1.82, 2.24) is 10.6 Å². The summed E-state index contributed by atoms with van der Waals surface area (Å²) in [6.07, 6.45) is 10.0. The van der Waals surface area contributed by atoms with Gasteiger partial charge >= 0.3 is 5.97 Å². The van der Waals surface area contributed by atoms with Crippen molar-refractivity contribution in [3.8, 4) is 0 Å². The third kappa shape index (κ3) is 6.06. The van der Waals surface area contributed by atoms with E-state index in [1.54, 1.807) is 0 Å². The van der Waals surface area contributed by atoms with Crippen molar-refractivity contribution in [2.75, 3.05) is 19.8 Å². The topological polar surface area (TPSA) is 76.7 Å². The standard InChI is InChI=1S/C18H32N2O4/c1-15-18(11-12-23-15)10-8-6-4-2-3-5-7-9-16(21)20-14-19-13-17(22)24-18/h15,19H,2-14H2,1H3,(H,20,21). The third-order valence-corrected chi connectivity index (χ3v) is 5.13. The first-order chi connectivity index (χ1) is 11.6. The normalized spacial score (nSPS) is 32.1. The molecule has 2 aliphatic heterocycles. The van der Waals surface area contributed by atoms with Crippen LogP contribution in [0.3, 0.4) is 0 Å². The molecule has 0 aromatic heterocycles. The summed E-state index contributed by atoms with van der Waals surface area (Å²) in [5, 5.41) is 5.72. The Labute approximate surface area is 145 Å². The van der Waals surface area contributed by atoms with Gasteiger partial charge < -0.3 is 14.8 Å². The molecule has 2 atom stereocenters. The molecule has 2 aliphatic rings. The first-order valence-corrected chi connectivity index (χ1v) is 9.43. The molecule has 2 fully saturated rings. The van der Waals surface area contributed by atoms with Crippen LogP contribution >= 0.6 is 0 Å². The van der Waals surface area contributed by atoms with Gasteiger partial charge in [0.25, 0.3) is 0 Å². The van der Waals surface area contributed by atoms with Crippen molar-refractivity contribution in [3.05, 3.63) is 0 Å². The highest BCUT2D eigenvalue weighted by Crippen LogP contribution is 2.35. The summed E-state index contributed by atoms with van der Waals surface area (Å²) < 4.78 is 11.5. The second kappa shape index (κ2) is 9.99. The zero-order valence-corrected chi connectivity index (χ0v) is 14.9. The minimum absolute atomic E-state index is 0.0365. The molecule has 0 aliphatic carbocycles. The number of nitrogens with one attached hydrogen (secondary N) is 2. The van der Waals surface area contributed by atoms with Crippen LogP contribution in [0.1, 0.15) is 71.1 Å². The predicted molar refractivity (Wildman–Crippen MR) is 91.4 cm³/mol. The van der Waals surface area contributed by atoms with Crippen LogP contribution < -0.4 is 10.6 Å². The van der Waals surface area contributed by atoms with Crippen molar-refractivity contribution in [1.29, 1.82) is 0 Å². The summed E-state index contributed by atoms with van der Waals surface area (Å²) in [7, 11) is 0. The summed E-state index contributed by atoms with van der Waals surface area (Å²) >= 11 is 0. The van der Waals surface area contributed by atoms with Gasteiger partial charge in [-0.15, -0.1) is 0 Å². The van der Waals surface area contributed by atoms with Gasteiger partial charge in [0.2, 0.25) is 5.91 Å². The van der Waals surface area contributed by atoms with Crippen LogP contribution in [-0.2, 0) is 19.1 Å². The maximum atomic E-state index is 12.2. The van der Waals surface area contributed by atoms with Crippen LogP contribution in [-0.4, -0.2) is 43.4 Å². The smallest absolute Gasteiger partial charge is 0.320 e. The molecule has 2 N–H and O–H groups in total. The number of ether oxygens (including phenoxy) is 2. The fraction of sp³-hybridized carbons (Fsp3) is 0.889. The van der Waals surface area contributed by atoms with Gasteiger partial charge in [-0.3, -0.25) is 14.9 Å². The van der Waals surface area contributed by atoms with Crippen LogP contribution in [0.4, 0.5) is 0 Å². The number of hydrogen-bond donors (Lipinski definition) is 2. The molecule has 2 unspecified atom stereocenters. The van der Waals surface area contributed by atoms with E-state index < -0.39 is 5.60 Å². The second-order valence-corrected chi connectivity index (χ2v) is 6.98. The fourth-order valence-corrected chi connectivity index (χ4v) is 3.55. The minimum Gasteiger partial charge on any atom is -0.455 e. The van der Waals surface area contributed by atoms with E-state index in [1.807, 2.05) is 6.92 Å². The Morgan fingerprint density at radius 3 is 2.42 bits per heavy atom. The lowest BCUT2D eigenvalue weighted by molar-refractivity contribution is -0.165. The van der Waals surface area contributed by atoms with Crippen molar-refractivity contribution >= 4 is 11.9 Å². The molecular formula is C18H32N2O4. The maximum absolute atomic E-state index is 12.2. The Morgan fingerprint density at radius 1 is 1.00 bits per heavy atom. The summed E-state index contributed by atoms with van der Waals surface area (Å²) in [5.74, 6) is -0.236. The van der Waals surface area contributed by atoms with Crippen LogP contribution in [0.15, 0.2) is 0 Å². The summed E-state index contributed by atoms with van der Waals surface area (Å²) in [6, 6.07) is 0. The lowest BCUT2D eigenvalue weighted by atomic mass is 9.89. The first-order valence-electron chi connectivity index (χ1n) is 9.43. The summed E-state index contributed by atoms with van der Waals surface area (Å²) in [5.41, 5.74) is -0.476. The van der Waals surface area contributed by atoms with E-state index in [0.29, 0.717) is 19.7 Å². The molecule has 2 saturated heterocycles. The van der Waals surface area contributed by atoms with Gasteiger partial charge in [-0.1, -0.05) is 32.1 Å². The Bertz CT molecular complexity index is 416. The highest BCUT2D eigenvalue weighted by molar-refractivity contribution is 5.76. The zero-order valence-electron chi connectivity index (χ0n) is 14.9. The van der Waals surface area contributed by atoms with Crippen LogP contribution in [0.25, 0.3) is 0 Å². The Kier molecular flexibility index (Phi) is 7.99. The highest BCUT2D eigenvalue weighted by atomic mass is 16.6. The van der Waals surface area contributed by atoms with Crippen molar-refractivity contribution in [2.45, 2.75) is 82.8 Å². The van der Waals surface area contributed by atoms with E-state index in [2.05, 4.69) is 10.6 Å². The second-order valence-electron chi connectivity index (χ2n) is 6.98. The quantitative estimate of drug-likeness (QED) is 0.662. The number of esters is 1.